The summed E-state index contributed by atoms with van der Waals surface area (Å²) < 4.78 is 7.39. The van der Waals surface area contributed by atoms with Crippen LogP contribution in [0.15, 0.2) is 24.4 Å². The van der Waals surface area contributed by atoms with E-state index in [0.717, 1.165) is 49.4 Å². The standard InChI is InChI=1S/C21H26N6O3S/c1-14-18(27-12-6-4-9-16(27)23-14)19(29)22-11-5-2-3-10-17(28)24-21-26-25-20(31-21)15-8-7-13-30-15/h4,6,9,12,15H,2-3,5,7-8,10-11,13H2,1H3,(H,22,29)(H,24,26,28). The smallest absolute Gasteiger partial charge is 0.270 e. The molecule has 1 aliphatic rings. The topological polar surface area (TPSA) is 111 Å². The van der Waals surface area contributed by atoms with Gasteiger partial charge in [-0.2, -0.15) is 0 Å². The number of fused-ring (bicyclic) bond motifs is 1. The fourth-order valence-corrected chi connectivity index (χ4v) is 4.47. The number of nitrogens with one attached hydrogen (secondary N) is 2. The normalized spacial score (nSPS) is 16.0. The number of ether oxygens (including phenoxy) is 1. The molecule has 4 heterocycles. The minimum Gasteiger partial charge on any atom is -0.371 e. The largest absolute Gasteiger partial charge is 0.371 e. The second-order valence-corrected chi connectivity index (χ2v) is 8.55. The fraction of sp³-hybridized carbons (Fsp3) is 0.476. The molecule has 9 nitrogen and oxygen atoms in total. The lowest BCUT2D eigenvalue weighted by Gasteiger charge is -2.06. The van der Waals surface area contributed by atoms with Crippen LogP contribution in [0.3, 0.4) is 0 Å². The Morgan fingerprint density at radius 3 is 3.00 bits per heavy atom. The molecule has 31 heavy (non-hydrogen) atoms. The lowest BCUT2D eigenvalue weighted by Crippen LogP contribution is -2.26. The molecule has 2 amide bonds. The Morgan fingerprint density at radius 2 is 2.16 bits per heavy atom. The van der Waals surface area contributed by atoms with E-state index in [9.17, 15) is 9.59 Å². The average Bonchev–Trinajstić information content (AvgIpc) is 3.49. The Kier molecular flexibility index (Phi) is 6.88. The molecule has 1 unspecified atom stereocenters. The summed E-state index contributed by atoms with van der Waals surface area (Å²) in [6.45, 7) is 3.15. The maximum Gasteiger partial charge on any atom is 0.270 e. The summed E-state index contributed by atoms with van der Waals surface area (Å²) >= 11 is 1.38. The number of aryl methyl sites for hydroxylation is 1. The molecule has 0 aliphatic carbocycles. The maximum atomic E-state index is 12.5. The first-order valence-electron chi connectivity index (χ1n) is 10.6. The van der Waals surface area contributed by atoms with Crippen molar-refractivity contribution >= 4 is 33.9 Å². The molecule has 0 spiro atoms. The zero-order chi connectivity index (χ0) is 21.6. The third-order valence-electron chi connectivity index (χ3n) is 5.18. The van der Waals surface area contributed by atoms with Gasteiger partial charge in [-0.25, -0.2) is 4.98 Å². The first-order chi connectivity index (χ1) is 15.1. The van der Waals surface area contributed by atoms with Crippen LogP contribution in [0.2, 0.25) is 0 Å². The molecule has 3 aromatic rings. The van der Waals surface area contributed by atoms with Crippen LogP contribution >= 0.6 is 11.3 Å². The summed E-state index contributed by atoms with van der Waals surface area (Å²) in [4.78, 5) is 29.1. The van der Waals surface area contributed by atoms with Gasteiger partial charge in [-0.1, -0.05) is 23.8 Å². The first kappa shape index (κ1) is 21.4. The number of amides is 2. The zero-order valence-corrected chi connectivity index (χ0v) is 18.3. The monoisotopic (exact) mass is 442 g/mol. The minimum absolute atomic E-state index is 0.0164. The van der Waals surface area contributed by atoms with Crippen LogP contribution in [0.25, 0.3) is 5.65 Å². The molecular formula is C21H26N6O3S. The molecule has 1 fully saturated rings. The Hall–Kier alpha value is -2.85. The van der Waals surface area contributed by atoms with Crippen molar-refractivity contribution in [2.75, 3.05) is 18.5 Å². The number of nitrogens with zero attached hydrogens (tertiary/aromatic N) is 4. The Bertz CT molecular complexity index is 1060. The second kappa shape index (κ2) is 9.97. The predicted octanol–water partition coefficient (Wildman–Crippen LogP) is 3.27. The summed E-state index contributed by atoms with van der Waals surface area (Å²) in [5, 5.41) is 15.2. The molecule has 10 heteroatoms. The van der Waals surface area contributed by atoms with Gasteiger partial charge in [-0.15, -0.1) is 10.2 Å². The van der Waals surface area contributed by atoms with Crippen molar-refractivity contribution in [3.8, 4) is 0 Å². The summed E-state index contributed by atoms with van der Waals surface area (Å²) in [6, 6.07) is 5.65. The molecular weight excluding hydrogens is 416 g/mol. The molecule has 4 rings (SSSR count). The number of pyridine rings is 1. The van der Waals surface area contributed by atoms with Crippen molar-refractivity contribution < 1.29 is 14.3 Å². The molecule has 0 bridgehead atoms. The van der Waals surface area contributed by atoms with Crippen LogP contribution in [0.5, 0.6) is 0 Å². The van der Waals surface area contributed by atoms with E-state index in [1.54, 1.807) is 4.40 Å². The van der Waals surface area contributed by atoms with Gasteiger partial charge >= 0.3 is 0 Å². The van der Waals surface area contributed by atoms with Gasteiger partial charge in [0.25, 0.3) is 5.91 Å². The van der Waals surface area contributed by atoms with Crippen molar-refractivity contribution in [2.45, 2.75) is 51.6 Å². The van der Waals surface area contributed by atoms with E-state index in [1.165, 1.54) is 11.3 Å². The molecule has 0 aromatic carbocycles. The molecule has 0 radical (unpaired) electrons. The van der Waals surface area contributed by atoms with Crippen LogP contribution in [0, 0.1) is 6.92 Å². The van der Waals surface area contributed by atoms with Crippen molar-refractivity contribution in [1.82, 2.24) is 24.9 Å². The molecule has 1 atom stereocenters. The maximum absolute atomic E-state index is 12.5. The van der Waals surface area contributed by atoms with E-state index >= 15 is 0 Å². The van der Waals surface area contributed by atoms with Gasteiger partial charge in [0.1, 0.15) is 22.5 Å². The molecule has 2 N–H and O–H groups in total. The van der Waals surface area contributed by atoms with Gasteiger partial charge in [0, 0.05) is 25.8 Å². The van der Waals surface area contributed by atoms with Crippen molar-refractivity contribution in [2.24, 2.45) is 0 Å². The number of rotatable bonds is 9. The van der Waals surface area contributed by atoms with Gasteiger partial charge in [0.2, 0.25) is 11.0 Å². The van der Waals surface area contributed by atoms with Gasteiger partial charge in [-0.3, -0.25) is 14.0 Å². The lowest BCUT2D eigenvalue weighted by molar-refractivity contribution is -0.116. The molecule has 1 saturated heterocycles. The SMILES string of the molecule is Cc1nc2ccccn2c1C(=O)NCCCCCC(=O)Nc1nnc(C2CCCO2)s1. The minimum atomic E-state index is -0.132. The summed E-state index contributed by atoms with van der Waals surface area (Å²) in [5.41, 5.74) is 2.03. The van der Waals surface area contributed by atoms with Gasteiger partial charge in [0.05, 0.1) is 5.69 Å². The summed E-state index contributed by atoms with van der Waals surface area (Å²) in [5.74, 6) is -0.201. The number of carbonyl (C=O) groups excluding carboxylic acids is 2. The Balaban J connectivity index is 1.14. The number of anilines is 1. The zero-order valence-electron chi connectivity index (χ0n) is 17.5. The Labute approximate surface area is 184 Å². The number of carbonyl (C=O) groups is 2. The summed E-state index contributed by atoms with van der Waals surface area (Å²) in [6.07, 6.45) is 6.64. The van der Waals surface area contributed by atoms with Crippen LogP contribution in [0.4, 0.5) is 5.13 Å². The van der Waals surface area contributed by atoms with Crippen molar-refractivity contribution in [3.05, 3.63) is 40.8 Å². The van der Waals surface area contributed by atoms with Crippen molar-refractivity contribution in [3.63, 3.8) is 0 Å². The average molecular weight is 443 g/mol. The van der Waals surface area contributed by atoms with E-state index < -0.39 is 0 Å². The number of unbranched alkanes of at least 4 members (excludes halogenated alkanes) is 2. The van der Waals surface area contributed by atoms with E-state index in [4.69, 9.17) is 4.74 Å². The number of imidazole rings is 1. The predicted molar refractivity (Wildman–Crippen MR) is 117 cm³/mol. The third-order valence-corrected chi connectivity index (χ3v) is 6.11. The third kappa shape index (κ3) is 5.26. The van der Waals surface area contributed by atoms with Crippen molar-refractivity contribution in [1.29, 1.82) is 0 Å². The van der Waals surface area contributed by atoms with Crippen LogP contribution < -0.4 is 10.6 Å². The van der Waals surface area contributed by atoms with Crippen LogP contribution in [0.1, 0.15) is 65.8 Å². The van der Waals surface area contributed by atoms with Gasteiger partial charge in [-0.05, 0) is 44.7 Å². The van der Waals surface area contributed by atoms with Gasteiger partial charge in [0.15, 0.2) is 0 Å². The molecule has 1 aliphatic heterocycles. The van der Waals surface area contributed by atoms with E-state index in [-0.39, 0.29) is 17.9 Å². The Morgan fingerprint density at radius 1 is 1.26 bits per heavy atom. The molecule has 164 valence electrons. The molecule has 3 aromatic heterocycles. The fourth-order valence-electron chi connectivity index (χ4n) is 3.63. The summed E-state index contributed by atoms with van der Waals surface area (Å²) in [7, 11) is 0. The highest BCUT2D eigenvalue weighted by molar-refractivity contribution is 7.15. The van der Waals surface area contributed by atoms with Crippen LogP contribution in [-0.2, 0) is 9.53 Å². The first-order valence-corrected chi connectivity index (χ1v) is 11.4. The number of hydrogen-bond donors (Lipinski definition) is 2. The number of aromatic nitrogens is 4. The highest BCUT2D eigenvalue weighted by Crippen LogP contribution is 2.31. The van der Waals surface area contributed by atoms with E-state index in [1.807, 2.05) is 31.3 Å². The van der Waals surface area contributed by atoms with Gasteiger partial charge < -0.3 is 15.4 Å². The highest BCUT2D eigenvalue weighted by atomic mass is 32.1. The van der Waals surface area contributed by atoms with E-state index in [2.05, 4.69) is 25.8 Å². The second-order valence-electron chi connectivity index (χ2n) is 7.54. The quantitative estimate of drug-likeness (QED) is 0.492. The lowest BCUT2D eigenvalue weighted by atomic mass is 10.2. The number of hydrogen-bond acceptors (Lipinski definition) is 7. The highest BCUT2D eigenvalue weighted by Gasteiger charge is 2.22. The molecule has 0 saturated carbocycles. The van der Waals surface area contributed by atoms with E-state index in [0.29, 0.717) is 29.5 Å². The van der Waals surface area contributed by atoms with Crippen LogP contribution in [-0.4, -0.2) is 44.5 Å².